The molecule has 4 nitrogen and oxygen atoms in total. The fraction of sp³-hybridized carbons (Fsp3) is 0.375. The van der Waals surface area contributed by atoms with Gasteiger partial charge in [-0.2, -0.15) is 0 Å². The van der Waals surface area contributed by atoms with Gasteiger partial charge in [0.2, 0.25) is 0 Å². The summed E-state index contributed by atoms with van der Waals surface area (Å²) < 4.78 is 0. The van der Waals surface area contributed by atoms with Crippen molar-refractivity contribution in [1.29, 1.82) is 0 Å². The average Bonchev–Trinajstić information content (AvgIpc) is 2.08. The molecule has 0 aliphatic heterocycles. The number of H-pyrrole nitrogens is 1. The molecular weight excluding hydrogens is 192 g/mol. The minimum Gasteiger partial charge on any atom is -0.391 e. The van der Waals surface area contributed by atoms with E-state index in [0.717, 1.165) is 0 Å². The van der Waals surface area contributed by atoms with Crippen LogP contribution < -0.4 is 11.3 Å². The number of halogens is 1. The van der Waals surface area contributed by atoms with Gasteiger partial charge >= 0.3 is 0 Å². The second-order valence-corrected chi connectivity index (χ2v) is 3.31. The molecule has 0 aliphatic rings. The monoisotopic (exact) mass is 202 g/mol. The van der Waals surface area contributed by atoms with Crippen molar-refractivity contribution in [3.05, 3.63) is 33.2 Å². The van der Waals surface area contributed by atoms with E-state index in [2.05, 4.69) is 4.98 Å². The van der Waals surface area contributed by atoms with Crippen LogP contribution in [0.2, 0.25) is 5.02 Å². The summed E-state index contributed by atoms with van der Waals surface area (Å²) in [6.45, 7) is 1.52. The van der Waals surface area contributed by atoms with Crippen LogP contribution >= 0.6 is 11.6 Å². The lowest BCUT2D eigenvalue weighted by molar-refractivity contribution is 0.163. The van der Waals surface area contributed by atoms with Crippen LogP contribution in [-0.2, 0) is 0 Å². The van der Waals surface area contributed by atoms with Crippen LogP contribution in [0.15, 0.2) is 17.1 Å². The maximum absolute atomic E-state index is 11.2. The first kappa shape index (κ1) is 10.2. The highest BCUT2D eigenvalue weighted by atomic mass is 35.5. The number of hydrogen-bond donors (Lipinski definition) is 3. The molecule has 1 heterocycles. The lowest BCUT2D eigenvalue weighted by Crippen LogP contribution is -2.29. The van der Waals surface area contributed by atoms with Crippen molar-refractivity contribution < 1.29 is 5.11 Å². The molecule has 0 spiro atoms. The first-order valence-electron chi connectivity index (χ1n) is 3.84. The third-order valence-electron chi connectivity index (χ3n) is 1.78. The summed E-state index contributed by atoms with van der Waals surface area (Å²) in [5.74, 6) is 0. The number of nitrogens with one attached hydrogen (secondary N) is 1. The highest BCUT2D eigenvalue weighted by molar-refractivity contribution is 6.30. The minimum absolute atomic E-state index is 0.294. The van der Waals surface area contributed by atoms with E-state index in [1.54, 1.807) is 0 Å². The van der Waals surface area contributed by atoms with Gasteiger partial charge in [0.05, 0.1) is 17.2 Å². The largest absolute Gasteiger partial charge is 0.391 e. The van der Waals surface area contributed by atoms with Gasteiger partial charge in [-0.3, -0.25) is 4.79 Å². The molecule has 0 amide bonds. The highest BCUT2D eigenvalue weighted by Gasteiger charge is 2.15. The van der Waals surface area contributed by atoms with Gasteiger partial charge in [-0.05, 0) is 13.0 Å². The fourth-order valence-electron chi connectivity index (χ4n) is 0.981. The summed E-state index contributed by atoms with van der Waals surface area (Å²) in [5, 5.41) is 9.56. The SMILES string of the molecule is C[C@H](O)[C@H](N)c1cc(Cl)c[nH]c1=O. The predicted molar refractivity (Wildman–Crippen MR) is 50.7 cm³/mol. The predicted octanol–water partition coefficient (Wildman–Crippen LogP) is 0.409. The van der Waals surface area contributed by atoms with Gasteiger partial charge in [-0.25, -0.2) is 0 Å². The zero-order valence-electron chi connectivity index (χ0n) is 7.12. The lowest BCUT2D eigenvalue weighted by Gasteiger charge is -2.13. The van der Waals surface area contributed by atoms with E-state index < -0.39 is 12.1 Å². The molecule has 0 aliphatic carbocycles. The molecule has 2 atom stereocenters. The van der Waals surface area contributed by atoms with Crippen LogP contribution in [0.1, 0.15) is 18.5 Å². The van der Waals surface area contributed by atoms with Gasteiger partial charge in [-0.1, -0.05) is 11.6 Å². The maximum Gasteiger partial charge on any atom is 0.252 e. The summed E-state index contributed by atoms with van der Waals surface area (Å²) in [5.41, 5.74) is 5.55. The molecule has 0 aromatic carbocycles. The Bertz CT molecular complexity index is 348. The van der Waals surface area contributed by atoms with Crippen molar-refractivity contribution in [2.45, 2.75) is 19.1 Å². The van der Waals surface area contributed by atoms with E-state index in [0.29, 0.717) is 10.6 Å². The number of aromatic nitrogens is 1. The van der Waals surface area contributed by atoms with Crippen LogP contribution in [0.3, 0.4) is 0 Å². The second kappa shape index (κ2) is 3.91. The van der Waals surface area contributed by atoms with Crippen molar-refractivity contribution in [2.75, 3.05) is 0 Å². The number of aliphatic hydroxyl groups excluding tert-OH is 1. The Hall–Kier alpha value is -0.840. The third kappa shape index (κ3) is 2.30. The Labute approximate surface area is 80.3 Å². The first-order chi connectivity index (χ1) is 6.02. The molecule has 1 aromatic heterocycles. The molecule has 0 radical (unpaired) electrons. The van der Waals surface area contributed by atoms with Crippen molar-refractivity contribution in [2.24, 2.45) is 5.73 Å². The number of rotatable bonds is 2. The molecule has 0 unspecified atom stereocenters. The Morgan fingerprint density at radius 3 is 2.85 bits per heavy atom. The fourth-order valence-corrected chi connectivity index (χ4v) is 1.15. The van der Waals surface area contributed by atoms with Crippen molar-refractivity contribution in [1.82, 2.24) is 4.98 Å². The van der Waals surface area contributed by atoms with Gasteiger partial charge in [0.1, 0.15) is 0 Å². The van der Waals surface area contributed by atoms with Crippen LogP contribution in [0, 0.1) is 0 Å². The molecule has 72 valence electrons. The summed E-state index contributed by atoms with van der Waals surface area (Å²) in [7, 11) is 0. The van der Waals surface area contributed by atoms with Crippen LogP contribution in [-0.4, -0.2) is 16.2 Å². The summed E-state index contributed by atoms with van der Waals surface area (Å²) >= 11 is 5.66. The zero-order valence-corrected chi connectivity index (χ0v) is 7.88. The van der Waals surface area contributed by atoms with Crippen LogP contribution in [0.5, 0.6) is 0 Å². The molecule has 0 fully saturated rings. The normalized spacial score (nSPS) is 15.4. The van der Waals surface area contributed by atoms with Crippen molar-refractivity contribution in [3.8, 4) is 0 Å². The van der Waals surface area contributed by atoms with Crippen LogP contribution in [0.4, 0.5) is 0 Å². The lowest BCUT2D eigenvalue weighted by atomic mass is 10.1. The van der Waals surface area contributed by atoms with Gasteiger partial charge in [-0.15, -0.1) is 0 Å². The second-order valence-electron chi connectivity index (χ2n) is 2.87. The van der Waals surface area contributed by atoms with Crippen molar-refractivity contribution >= 4 is 11.6 Å². The standard InChI is InChI=1S/C8H11ClN2O2/c1-4(12)7(10)6-2-5(9)3-11-8(6)13/h2-4,7,12H,10H2,1H3,(H,11,13)/t4-,7-/m0/s1. The number of nitrogens with two attached hydrogens (primary N) is 1. The summed E-state index contributed by atoms with van der Waals surface area (Å²) in [6, 6.07) is 0.750. The molecular formula is C8H11ClN2O2. The van der Waals surface area contributed by atoms with Crippen molar-refractivity contribution in [3.63, 3.8) is 0 Å². The number of aliphatic hydroxyl groups is 1. The topological polar surface area (TPSA) is 79.1 Å². The van der Waals surface area contributed by atoms with Gasteiger partial charge in [0.15, 0.2) is 0 Å². The van der Waals surface area contributed by atoms with E-state index in [9.17, 15) is 4.79 Å². The Morgan fingerprint density at radius 2 is 2.31 bits per heavy atom. The zero-order chi connectivity index (χ0) is 10.0. The Balaban J connectivity index is 3.13. The highest BCUT2D eigenvalue weighted by Crippen LogP contribution is 2.13. The maximum atomic E-state index is 11.2. The van der Waals surface area contributed by atoms with E-state index in [-0.39, 0.29) is 5.56 Å². The van der Waals surface area contributed by atoms with Gasteiger partial charge in [0, 0.05) is 11.8 Å². The summed E-state index contributed by atoms with van der Waals surface area (Å²) in [6.07, 6.45) is 0.599. The molecule has 0 saturated heterocycles. The van der Waals surface area contributed by atoms with E-state index in [1.165, 1.54) is 19.2 Å². The molecule has 0 bridgehead atoms. The van der Waals surface area contributed by atoms with E-state index >= 15 is 0 Å². The van der Waals surface area contributed by atoms with Crippen LogP contribution in [0.25, 0.3) is 0 Å². The first-order valence-corrected chi connectivity index (χ1v) is 4.22. The number of pyridine rings is 1. The molecule has 5 heteroatoms. The number of aromatic amines is 1. The smallest absolute Gasteiger partial charge is 0.252 e. The minimum atomic E-state index is -0.778. The average molecular weight is 203 g/mol. The molecule has 4 N–H and O–H groups in total. The third-order valence-corrected chi connectivity index (χ3v) is 1.99. The molecule has 1 aromatic rings. The Kier molecular flexibility index (Phi) is 3.08. The quantitative estimate of drug-likeness (QED) is 0.650. The van der Waals surface area contributed by atoms with E-state index in [1.807, 2.05) is 0 Å². The molecule has 1 rings (SSSR count). The van der Waals surface area contributed by atoms with Gasteiger partial charge < -0.3 is 15.8 Å². The summed E-state index contributed by atoms with van der Waals surface area (Å²) in [4.78, 5) is 13.6. The Morgan fingerprint density at radius 1 is 1.69 bits per heavy atom. The molecule has 13 heavy (non-hydrogen) atoms. The molecule has 0 saturated carbocycles. The van der Waals surface area contributed by atoms with E-state index in [4.69, 9.17) is 22.4 Å². The van der Waals surface area contributed by atoms with Gasteiger partial charge in [0.25, 0.3) is 5.56 Å². The number of hydrogen-bond acceptors (Lipinski definition) is 3.